The second-order valence-corrected chi connectivity index (χ2v) is 4.17. The van der Waals surface area contributed by atoms with E-state index in [1.165, 1.54) is 12.8 Å². The molecule has 1 rings (SSSR count). The van der Waals surface area contributed by atoms with E-state index in [1.807, 2.05) is 0 Å². The Kier molecular flexibility index (Phi) is 3.53. The molecule has 12 heavy (non-hydrogen) atoms. The molecule has 1 atom stereocenters. The first-order valence-electron chi connectivity index (χ1n) is 5.03. The summed E-state index contributed by atoms with van der Waals surface area (Å²) in [5.74, 6) is 0. The van der Waals surface area contributed by atoms with Gasteiger partial charge < -0.3 is 10.2 Å². The Morgan fingerprint density at radius 1 is 1.33 bits per heavy atom. The monoisotopic (exact) mass is 172 g/mol. The summed E-state index contributed by atoms with van der Waals surface area (Å²) in [4.78, 5) is 0. The molecule has 2 nitrogen and oxygen atoms in total. The van der Waals surface area contributed by atoms with Crippen LogP contribution in [-0.2, 0) is 0 Å². The predicted molar refractivity (Wildman–Crippen MR) is 48.9 cm³/mol. The molecule has 1 saturated carbocycles. The van der Waals surface area contributed by atoms with Gasteiger partial charge in [0.2, 0.25) is 0 Å². The summed E-state index contributed by atoms with van der Waals surface area (Å²) in [6, 6.07) is 0. The minimum Gasteiger partial charge on any atom is -0.393 e. The molecule has 0 spiro atoms. The molecule has 0 radical (unpaired) electrons. The lowest BCUT2D eigenvalue weighted by atomic mass is 9.94. The molecule has 2 N–H and O–H groups in total. The summed E-state index contributed by atoms with van der Waals surface area (Å²) < 4.78 is 0. The fourth-order valence-electron chi connectivity index (χ4n) is 2.01. The van der Waals surface area contributed by atoms with Gasteiger partial charge in [0.15, 0.2) is 0 Å². The van der Waals surface area contributed by atoms with Crippen LogP contribution in [-0.4, -0.2) is 21.9 Å². The fraction of sp³-hybridized carbons (Fsp3) is 1.00. The molecule has 0 aromatic carbocycles. The largest absolute Gasteiger partial charge is 0.393 e. The highest BCUT2D eigenvalue weighted by molar-refractivity contribution is 4.83. The van der Waals surface area contributed by atoms with Crippen molar-refractivity contribution in [1.82, 2.24) is 0 Å². The summed E-state index contributed by atoms with van der Waals surface area (Å²) in [5, 5.41) is 19.0. The van der Waals surface area contributed by atoms with Crippen LogP contribution in [0.2, 0.25) is 0 Å². The standard InChI is InChI=1S/C10H20O2/c1-9(11)5-4-8-10(12)6-2-3-7-10/h9,11-12H,2-8H2,1H3. The lowest BCUT2D eigenvalue weighted by Crippen LogP contribution is -2.23. The lowest BCUT2D eigenvalue weighted by molar-refractivity contribution is 0.0328. The van der Waals surface area contributed by atoms with Crippen molar-refractivity contribution in [3.8, 4) is 0 Å². The Labute approximate surface area is 74.6 Å². The molecule has 1 unspecified atom stereocenters. The third-order valence-corrected chi connectivity index (χ3v) is 2.80. The SMILES string of the molecule is CC(O)CCCC1(O)CCCC1. The molecular weight excluding hydrogens is 152 g/mol. The van der Waals surface area contributed by atoms with Crippen molar-refractivity contribution in [2.45, 2.75) is 63.6 Å². The second-order valence-electron chi connectivity index (χ2n) is 4.17. The van der Waals surface area contributed by atoms with Crippen LogP contribution in [0.15, 0.2) is 0 Å². The van der Waals surface area contributed by atoms with Gasteiger partial charge in [-0.3, -0.25) is 0 Å². The highest BCUT2D eigenvalue weighted by atomic mass is 16.3. The van der Waals surface area contributed by atoms with Crippen LogP contribution in [0.1, 0.15) is 51.9 Å². The van der Waals surface area contributed by atoms with E-state index in [0.717, 1.165) is 32.1 Å². The van der Waals surface area contributed by atoms with Crippen molar-refractivity contribution in [2.75, 3.05) is 0 Å². The third-order valence-electron chi connectivity index (χ3n) is 2.80. The molecule has 0 aromatic rings. The van der Waals surface area contributed by atoms with Crippen LogP contribution in [0.4, 0.5) is 0 Å². The average molecular weight is 172 g/mol. The van der Waals surface area contributed by atoms with E-state index in [9.17, 15) is 5.11 Å². The molecular formula is C10H20O2. The van der Waals surface area contributed by atoms with E-state index >= 15 is 0 Å². The van der Waals surface area contributed by atoms with E-state index in [1.54, 1.807) is 6.92 Å². The third kappa shape index (κ3) is 3.11. The summed E-state index contributed by atoms with van der Waals surface area (Å²) in [6.45, 7) is 1.80. The quantitative estimate of drug-likeness (QED) is 0.679. The second kappa shape index (κ2) is 4.24. The van der Waals surface area contributed by atoms with Crippen molar-refractivity contribution in [3.63, 3.8) is 0 Å². The zero-order valence-electron chi connectivity index (χ0n) is 7.92. The molecule has 0 saturated heterocycles. The van der Waals surface area contributed by atoms with Gasteiger partial charge in [0, 0.05) is 0 Å². The van der Waals surface area contributed by atoms with Crippen LogP contribution in [0, 0.1) is 0 Å². The van der Waals surface area contributed by atoms with Gasteiger partial charge in [0.25, 0.3) is 0 Å². The Morgan fingerprint density at radius 3 is 2.42 bits per heavy atom. The van der Waals surface area contributed by atoms with Gasteiger partial charge in [-0.15, -0.1) is 0 Å². The number of hydrogen-bond donors (Lipinski definition) is 2. The van der Waals surface area contributed by atoms with Crippen molar-refractivity contribution in [2.24, 2.45) is 0 Å². The first-order valence-corrected chi connectivity index (χ1v) is 5.03. The van der Waals surface area contributed by atoms with Crippen LogP contribution in [0.5, 0.6) is 0 Å². The molecule has 2 heteroatoms. The molecule has 0 aromatic heterocycles. The molecule has 1 aliphatic rings. The van der Waals surface area contributed by atoms with E-state index in [2.05, 4.69) is 0 Å². The molecule has 72 valence electrons. The van der Waals surface area contributed by atoms with E-state index in [4.69, 9.17) is 5.11 Å². The van der Waals surface area contributed by atoms with E-state index < -0.39 is 0 Å². The molecule has 0 aliphatic heterocycles. The van der Waals surface area contributed by atoms with E-state index in [-0.39, 0.29) is 11.7 Å². The van der Waals surface area contributed by atoms with Gasteiger partial charge in [-0.2, -0.15) is 0 Å². The normalized spacial score (nSPS) is 24.2. The number of aliphatic hydroxyl groups excluding tert-OH is 1. The zero-order chi connectivity index (χ0) is 9.03. The fourth-order valence-corrected chi connectivity index (χ4v) is 2.01. The summed E-state index contributed by atoms with van der Waals surface area (Å²) in [5.41, 5.74) is -0.380. The van der Waals surface area contributed by atoms with Crippen LogP contribution in [0.3, 0.4) is 0 Å². The smallest absolute Gasteiger partial charge is 0.0647 e. The Morgan fingerprint density at radius 2 is 1.92 bits per heavy atom. The Balaban J connectivity index is 2.13. The average Bonchev–Trinajstić information content (AvgIpc) is 2.35. The molecule has 0 amide bonds. The summed E-state index contributed by atoms with van der Waals surface area (Å²) >= 11 is 0. The van der Waals surface area contributed by atoms with Crippen molar-refractivity contribution < 1.29 is 10.2 Å². The van der Waals surface area contributed by atoms with Gasteiger partial charge in [-0.05, 0) is 39.0 Å². The van der Waals surface area contributed by atoms with Crippen LogP contribution >= 0.6 is 0 Å². The summed E-state index contributed by atoms with van der Waals surface area (Å²) in [7, 11) is 0. The molecule has 0 heterocycles. The topological polar surface area (TPSA) is 40.5 Å². The Bertz CT molecular complexity index is 126. The molecule has 1 aliphatic carbocycles. The summed E-state index contributed by atoms with van der Waals surface area (Å²) in [6.07, 6.45) is 6.71. The first-order chi connectivity index (χ1) is 5.62. The van der Waals surface area contributed by atoms with Crippen molar-refractivity contribution in [1.29, 1.82) is 0 Å². The van der Waals surface area contributed by atoms with E-state index in [0.29, 0.717) is 0 Å². The Hall–Kier alpha value is -0.0800. The minimum absolute atomic E-state index is 0.213. The van der Waals surface area contributed by atoms with Gasteiger partial charge in [-0.25, -0.2) is 0 Å². The predicted octanol–water partition coefficient (Wildman–Crippen LogP) is 1.84. The van der Waals surface area contributed by atoms with Crippen LogP contribution in [0.25, 0.3) is 0 Å². The lowest BCUT2D eigenvalue weighted by Gasteiger charge is -2.21. The first kappa shape index (κ1) is 10.0. The van der Waals surface area contributed by atoms with Gasteiger partial charge >= 0.3 is 0 Å². The maximum absolute atomic E-state index is 9.92. The maximum atomic E-state index is 9.92. The van der Waals surface area contributed by atoms with Gasteiger partial charge in [-0.1, -0.05) is 12.8 Å². The molecule has 0 bridgehead atoms. The van der Waals surface area contributed by atoms with Crippen LogP contribution < -0.4 is 0 Å². The zero-order valence-corrected chi connectivity index (χ0v) is 7.92. The highest BCUT2D eigenvalue weighted by Gasteiger charge is 2.30. The van der Waals surface area contributed by atoms with Gasteiger partial charge in [0.05, 0.1) is 11.7 Å². The highest BCUT2D eigenvalue weighted by Crippen LogP contribution is 2.33. The minimum atomic E-state index is -0.380. The van der Waals surface area contributed by atoms with Crippen molar-refractivity contribution in [3.05, 3.63) is 0 Å². The number of hydrogen-bond acceptors (Lipinski definition) is 2. The maximum Gasteiger partial charge on any atom is 0.0647 e. The molecule has 1 fully saturated rings. The van der Waals surface area contributed by atoms with Crippen molar-refractivity contribution >= 4 is 0 Å². The number of aliphatic hydroxyl groups is 2. The number of rotatable bonds is 4. The van der Waals surface area contributed by atoms with Gasteiger partial charge in [0.1, 0.15) is 0 Å².